The first-order chi connectivity index (χ1) is 42.4. The topological polar surface area (TPSA) is 25.3 Å². The lowest BCUT2D eigenvalue weighted by atomic mass is 9.86. The standard InChI is InChI=1S/C84H146N2/c1-9-17-25-32-33-34-35-36-37-38-39-40-41-42-43-44-45-46-47-48-49-50-51-52-53-60-68-82-81(65-24-16-8)83(77-69-73(61-54-26-18-10-2)79(66-58-30-22-14-6)74(70-77)62-55-27-19-11-3)86(85)84(82)78-71-75(63-56-28-20-12-4)80(67-59-31-23-15-7)76(72-78)64-57-29-21-13-5/h60,68-72H,9-59,61-67H2,1-8H3. The minimum Gasteiger partial charge on any atom is -0.493 e. The Hall–Kier alpha value is -2.74. The van der Waals surface area contributed by atoms with Crippen LogP contribution in [0, 0.1) is 0 Å². The Bertz CT molecular complexity index is 1990. The van der Waals surface area contributed by atoms with Gasteiger partial charge in [0, 0.05) is 16.7 Å². The summed E-state index contributed by atoms with van der Waals surface area (Å²) in [5.41, 5.74) is 30.4. The lowest BCUT2D eigenvalue weighted by molar-refractivity contribution is -0.345. The highest BCUT2D eigenvalue weighted by atomic mass is 15.2. The van der Waals surface area contributed by atoms with Crippen molar-refractivity contribution in [2.75, 3.05) is 0 Å². The summed E-state index contributed by atoms with van der Waals surface area (Å²) in [5, 5.41) is 0. The fourth-order valence-electron chi connectivity index (χ4n) is 14.2. The van der Waals surface area contributed by atoms with E-state index in [4.69, 9.17) is 0 Å². The van der Waals surface area contributed by atoms with Gasteiger partial charge in [-0.2, -0.15) is 0 Å². The summed E-state index contributed by atoms with van der Waals surface area (Å²) in [6.45, 7) is 18.8. The van der Waals surface area contributed by atoms with Crippen LogP contribution in [0.15, 0.2) is 47.6 Å². The van der Waals surface area contributed by atoms with Gasteiger partial charge in [0.25, 0.3) is 0 Å². The molecule has 1 aliphatic rings. The highest BCUT2D eigenvalue weighted by Crippen LogP contribution is 2.45. The molecule has 3 rings (SSSR count). The fourth-order valence-corrected chi connectivity index (χ4v) is 14.2. The van der Waals surface area contributed by atoms with Crippen LogP contribution in [-0.2, 0) is 38.5 Å². The van der Waals surface area contributed by atoms with Gasteiger partial charge in [-0.05, 0) is 160 Å². The van der Waals surface area contributed by atoms with Crippen LogP contribution in [0.4, 0.5) is 0 Å². The molecule has 0 saturated carbocycles. The summed E-state index contributed by atoms with van der Waals surface area (Å²) in [6.07, 6.45) is 81.6. The van der Waals surface area contributed by atoms with Gasteiger partial charge in [0.05, 0.1) is 5.57 Å². The Morgan fingerprint density at radius 2 is 0.512 bits per heavy atom. The van der Waals surface area contributed by atoms with Crippen molar-refractivity contribution in [1.29, 1.82) is 0 Å². The van der Waals surface area contributed by atoms with E-state index in [0.29, 0.717) is 0 Å². The quantitative estimate of drug-likeness (QED) is 0.0466. The monoisotopic (exact) mass is 1180 g/mol. The zero-order valence-corrected chi connectivity index (χ0v) is 59.4. The van der Waals surface area contributed by atoms with Crippen LogP contribution in [0.1, 0.15) is 434 Å². The van der Waals surface area contributed by atoms with Crippen molar-refractivity contribution < 1.29 is 4.70 Å². The maximum Gasteiger partial charge on any atom is 0.215 e. The van der Waals surface area contributed by atoms with Crippen molar-refractivity contribution >= 4 is 11.4 Å². The smallest absolute Gasteiger partial charge is 0.215 e. The Balaban J connectivity index is 1.92. The van der Waals surface area contributed by atoms with Crippen LogP contribution in [0.3, 0.4) is 0 Å². The van der Waals surface area contributed by atoms with Crippen LogP contribution in [-0.4, -0.2) is 4.70 Å². The highest BCUT2D eigenvalue weighted by molar-refractivity contribution is 5.85. The molecule has 492 valence electrons. The van der Waals surface area contributed by atoms with Gasteiger partial charge in [-0.15, -0.1) is 0 Å². The second-order valence-electron chi connectivity index (χ2n) is 27.7. The molecule has 0 atom stereocenters. The van der Waals surface area contributed by atoms with Crippen molar-refractivity contribution in [3.05, 3.63) is 97.6 Å². The van der Waals surface area contributed by atoms with Crippen molar-refractivity contribution in [3.8, 4) is 0 Å². The van der Waals surface area contributed by atoms with Crippen molar-refractivity contribution in [1.82, 2.24) is 0 Å². The Kier molecular flexibility index (Phi) is 48.7. The van der Waals surface area contributed by atoms with Crippen LogP contribution < -0.4 is 0 Å². The maximum absolute atomic E-state index is 13.5. The maximum atomic E-state index is 13.5. The summed E-state index contributed by atoms with van der Waals surface area (Å²) in [4.78, 5) is 0. The predicted molar refractivity (Wildman–Crippen MR) is 387 cm³/mol. The average Bonchev–Trinajstić information content (AvgIpc) is 2.13. The van der Waals surface area contributed by atoms with Crippen LogP contribution in [0.25, 0.3) is 16.9 Å². The molecule has 0 saturated heterocycles. The molecule has 0 spiro atoms. The number of benzene rings is 2. The normalized spacial score (nSPS) is 12.9. The molecule has 0 fully saturated rings. The Labute approximate surface area is 538 Å². The van der Waals surface area contributed by atoms with Gasteiger partial charge in [-0.1, -0.05) is 337 Å². The summed E-state index contributed by atoms with van der Waals surface area (Å²) in [7, 11) is 0. The van der Waals surface area contributed by atoms with E-state index < -0.39 is 0 Å². The molecule has 0 amide bonds. The summed E-state index contributed by atoms with van der Waals surface area (Å²) in [6, 6.07) is 10.4. The van der Waals surface area contributed by atoms with Gasteiger partial charge in [0.15, 0.2) is 0 Å². The molecule has 2 aromatic rings. The molecule has 0 aromatic heterocycles. The number of unbranched alkanes of at least 4 members (excludes halogenated alkanes) is 43. The van der Waals surface area contributed by atoms with Gasteiger partial charge < -0.3 is 5.53 Å². The van der Waals surface area contributed by atoms with E-state index >= 15 is 0 Å². The molecule has 86 heavy (non-hydrogen) atoms. The van der Waals surface area contributed by atoms with Crippen molar-refractivity contribution in [2.24, 2.45) is 0 Å². The summed E-state index contributed by atoms with van der Waals surface area (Å²) in [5.74, 6) is 0. The number of hydrogen-bond acceptors (Lipinski definition) is 0. The molecule has 2 heteroatoms. The molecule has 1 heterocycles. The Morgan fingerprint density at radius 1 is 0.267 bits per heavy atom. The van der Waals surface area contributed by atoms with Gasteiger partial charge in [-0.3, -0.25) is 0 Å². The van der Waals surface area contributed by atoms with Crippen LogP contribution in [0.5, 0.6) is 0 Å². The van der Waals surface area contributed by atoms with E-state index in [-0.39, 0.29) is 0 Å². The minimum atomic E-state index is 0.991. The average molecular weight is 1180 g/mol. The third-order valence-corrected chi connectivity index (χ3v) is 19.8. The molecular formula is C84H146N2. The molecule has 0 aliphatic carbocycles. The predicted octanol–water partition coefficient (Wildman–Crippen LogP) is 29.1. The van der Waals surface area contributed by atoms with E-state index in [0.717, 1.165) is 62.8 Å². The number of allylic oxidation sites excluding steroid dienone is 4. The third-order valence-electron chi connectivity index (χ3n) is 19.8. The zero-order chi connectivity index (χ0) is 61.8. The SMILES string of the molecule is CCCCCCCCCCCCCCCCCCCCCCCCCCC=CC1=C(c2cc(CCCCCC)c(CCCCCC)c(CCCCCC)c2)[N+](=[N-])C(c2cc(CCCCCC)c(CCCCCC)c(CCCCCC)c2)=C1CCCC. The second kappa shape index (κ2) is 54.0. The molecule has 2 aromatic carbocycles. The third kappa shape index (κ3) is 33.4. The molecule has 0 unspecified atom stereocenters. The molecule has 0 N–H and O–H groups in total. The van der Waals surface area contributed by atoms with Gasteiger partial charge in [0.2, 0.25) is 11.4 Å². The van der Waals surface area contributed by atoms with Crippen LogP contribution in [0.2, 0.25) is 0 Å². The number of hydrogen-bond donors (Lipinski definition) is 0. The molecule has 2 nitrogen and oxygen atoms in total. The van der Waals surface area contributed by atoms with E-state index in [1.165, 1.54) is 343 Å². The van der Waals surface area contributed by atoms with Crippen LogP contribution >= 0.6 is 0 Å². The van der Waals surface area contributed by atoms with Gasteiger partial charge in [0.1, 0.15) is 0 Å². The van der Waals surface area contributed by atoms with Gasteiger partial charge >= 0.3 is 0 Å². The Morgan fingerprint density at radius 3 is 0.802 bits per heavy atom. The van der Waals surface area contributed by atoms with E-state index in [2.05, 4.69) is 91.8 Å². The largest absolute Gasteiger partial charge is 0.493 e. The van der Waals surface area contributed by atoms with Crippen molar-refractivity contribution in [2.45, 2.75) is 428 Å². The molecule has 0 bridgehead atoms. The molecule has 0 radical (unpaired) electrons. The van der Waals surface area contributed by atoms with Gasteiger partial charge in [-0.25, -0.2) is 4.70 Å². The summed E-state index contributed by atoms with van der Waals surface area (Å²) >= 11 is 0. The molecular weight excluding hydrogens is 1040 g/mol. The minimum absolute atomic E-state index is 0.991. The molecule has 1 aliphatic heterocycles. The lowest BCUT2D eigenvalue weighted by Gasteiger charge is -2.20. The van der Waals surface area contributed by atoms with E-state index in [1.807, 2.05) is 0 Å². The first kappa shape index (κ1) is 77.5. The fraction of sp³-hybridized carbons (Fsp3) is 0.786. The number of rotatable bonds is 61. The first-order valence-corrected chi connectivity index (χ1v) is 39.4. The zero-order valence-electron chi connectivity index (χ0n) is 59.4. The lowest BCUT2D eigenvalue weighted by Crippen LogP contribution is -2.09. The van der Waals surface area contributed by atoms with E-state index in [1.54, 1.807) is 38.1 Å². The number of aryl methyl sites for hydroxylation is 4. The first-order valence-electron chi connectivity index (χ1n) is 39.4. The number of nitrogens with zero attached hydrogens (tertiary/aromatic N) is 2. The van der Waals surface area contributed by atoms with Crippen molar-refractivity contribution in [3.63, 3.8) is 0 Å². The second-order valence-corrected chi connectivity index (χ2v) is 27.7. The summed E-state index contributed by atoms with van der Waals surface area (Å²) < 4.78 is 1.77. The highest BCUT2D eigenvalue weighted by Gasteiger charge is 2.36. The van der Waals surface area contributed by atoms with E-state index in [9.17, 15) is 5.53 Å².